The number of hydrogen-bond acceptors (Lipinski definition) is 4. The van der Waals surface area contributed by atoms with Crippen LogP contribution in [0.4, 0.5) is 0 Å². The first-order chi connectivity index (χ1) is 9.61. The van der Waals surface area contributed by atoms with Crippen LogP contribution in [0.25, 0.3) is 0 Å². The summed E-state index contributed by atoms with van der Waals surface area (Å²) in [5.74, 6) is 0.849. The standard InChI is InChI=1S/C16H24N2O2/c1-12-9-13(2)16(15(10-12)20-3)14(19)11-18-7-4-5-17-6-8-18/h9-10,17H,4-8,11H2,1-3H3. The molecule has 0 spiro atoms. The maximum absolute atomic E-state index is 12.6. The Bertz CT molecular complexity index is 478. The van der Waals surface area contributed by atoms with Crippen LogP contribution in [0, 0.1) is 13.8 Å². The van der Waals surface area contributed by atoms with Gasteiger partial charge in [0.2, 0.25) is 0 Å². The zero-order valence-corrected chi connectivity index (χ0v) is 12.7. The fourth-order valence-electron chi connectivity index (χ4n) is 2.79. The van der Waals surface area contributed by atoms with E-state index in [9.17, 15) is 4.79 Å². The molecule has 0 bridgehead atoms. The average molecular weight is 276 g/mol. The molecular weight excluding hydrogens is 252 g/mol. The van der Waals surface area contributed by atoms with Crippen LogP contribution in [0.15, 0.2) is 12.1 Å². The number of ketones is 1. The molecule has 0 radical (unpaired) electrons. The Balaban J connectivity index is 2.16. The quantitative estimate of drug-likeness (QED) is 0.851. The maximum atomic E-state index is 12.6. The van der Waals surface area contributed by atoms with Gasteiger partial charge in [0.25, 0.3) is 0 Å². The molecular formula is C16H24N2O2. The Kier molecular flexibility index (Phi) is 5.15. The topological polar surface area (TPSA) is 41.6 Å². The van der Waals surface area contributed by atoms with Crippen LogP contribution >= 0.6 is 0 Å². The molecule has 20 heavy (non-hydrogen) atoms. The normalized spacial score (nSPS) is 16.8. The van der Waals surface area contributed by atoms with Gasteiger partial charge < -0.3 is 10.1 Å². The molecule has 1 saturated heterocycles. The molecule has 0 unspecified atom stereocenters. The molecule has 0 atom stereocenters. The van der Waals surface area contributed by atoms with E-state index in [0.717, 1.165) is 49.3 Å². The van der Waals surface area contributed by atoms with Crippen molar-refractivity contribution in [3.8, 4) is 5.75 Å². The summed E-state index contributed by atoms with van der Waals surface area (Å²) in [5, 5.41) is 3.35. The van der Waals surface area contributed by atoms with Crippen molar-refractivity contribution in [1.29, 1.82) is 0 Å². The molecule has 1 aliphatic rings. The van der Waals surface area contributed by atoms with Gasteiger partial charge >= 0.3 is 0 Å². The summed E-state index contributed by atoms with van der Waals surface area (Å²) in [5.41, 5.74) is 2.85. The number of rotatable bonds is 4. The number of aryl methyl sites for hydroxylation is 2. The van der Waals surface area contributed by atoms with Crippen LogP contribution in [0.2, 0.25) is 0 Å². The summed E-state index contributed by atoms with van der Waals surface area (Å²) in [7, 11) is 1.63. The van der Waals surface area contributed by atoms with Crippen LogP contribution in [-0.4, -0.2) is 50.5 Å². The number of carbonyl (C=O) groups excluding carboxylic acids is 1. The number of benzene rings is 1. The van der Waals surface area contributed by atoms with Gasteiger partial charge in [-0.15, -0.1) is 0 Å². The fourth-order valence-corrected chi connectivity index (χ4v) is 2.79. The molecule has 1 aromatic rings. The molecule has 0 aliphatic carbocycles. The van der Waals surface area contributed by atoms with E-state index < -0.39 is 0 Å². The van der Waals surface area contributed by atoms with E-state index >= 15 is 0 Å². The van der Waals surface area contributed by atoms with Gasteiger partial charge in [0, 0.05) is 13.1 Å². The van der Waals surface area contributed by atoms with E-state index in [1.54, 1.807) is 7.11 Å². The van der Waals surface area contributed by atoms with Crippen LogP contribution in [0.5, 0.6) is 5.75 Å². The minimum absolute atomic E-state index is 0.154. The summed E-state index contributed by atoms with van der Waals surface area (Å²) in [6.45, 7) is 8.37. The zero-order valence-electron chi connectivity index (χ0n) is 12.7. The molecule has 2 rings (SSSR count). The smallest absolute Gasteiger partial charge is 0.180 e. The number of nitrogens with zero attached hydrogens (tertiary/aromatic N) is 1. The second-order valence-corrected chi connectivity index (χ2v) is 5.46. The Morgan fingerprint density at radius 2 is 2.10 bits per heavy atom. The highest BCUT2D eigenvalue weighted by Gasteiger charge is 2.19. The maximum Gasteiger partial charge on any atom is 0.180 e. The molecule has 0 saturated carbocycles. The molecule has 4 heteroatoms. The zero-order chi connectivity index (χ0) is 14.5. The summed E-state index contributed by atoms with van der Waals surface area (Å²) in [6.07, 6.45) is 1.09. The van der Waals surface area contributed by atoms with Crippen molar-refractivity contribution >= 4 is 5.78 Å². The second kappa shape index (κ2) is 6.86. The van der Waals surface area contributed by atoms with Gasteiger partial charge in [-0.3, -0.25) is 9.69 Å². The SMILES string of the molecule is COc1cc(C)cc(C)c1C(=O)CN1CCCNCC1. The van der Waals surface area contributed by atoms with Crippen molar-refractivity contribution in [1.82, 2.24) is 10.2 Å². The summed E-state index contributed by atoms with van der Waals surface area (Å²) in [4.78, 5) is 14.8. The molecule has 1 heterocycles. The Morgan fingerprint density at radius 1 is 1.30 bits per heavy atom. The van der Waals surface area contributed by atoms with Gasteiger partial charge in [-0.2, -0.15) is 0 Å². The lowest BCUT2D eigenvalue weighted by Crippen LogP contribution is -2.33. The van der Waals surface area contributed by atoms with Crippen LogP contribution < -0.4 is 10.1 Å². The molecule has 0 amide bonds. The Labute approximate surface area is 121 Å². The van der Waals surface area contributed by atoms with Crippen LogP contribution in [0.3, 0.4) is 0 Å². The molecule has 1 N–H and O–H groups in total. The van der Waals surface area contributed by atoms with Gasteiger partial charge in [0.1, 0.15) is 5.75 Å². The highest BCUT2D eigenvalue weighted by molar-refractivity contribution is 6.01. The van der Waals surface area contributed by atoms with Crippen molar-refractivity contribution in [2.75, 3.05) is 39.8 Å². The van der Waals surface area contributed by atoms with Gasteiger partial charge in [-0.05, 0) is 50.6 Å². The van der Waals surface area contributed by atoms with Gasteiger partial charge in [-0.25, -0.2) is 0 Å². The van der Waals surface area contributed by atoms with Crippen LogP contribution in [0.1, 0.15) is 27.9 Å². The van der Waals surface area contributed by atoms with E-state index in [1.165, 1.54) is 0 Å². The summed E-state index contributed by atoms with van der Waals surface area (Å²) < 4.78 is 5.39. The summed E-state index contributed by atoms with van der Waals surface area (Å²) >= 11 is 0. The lowest BCUT2D eigenvalue weighted by atomic mass is 10.0. The predicted molar refractivity (Wildman–Crippen MR) is 80.7 cm³/mol. The van der Waals surface area contributed by atoms with Crippen molar-refractivity contribution in [3.05, 3.63) is 28.8 Å². The molecule has 110 valence electrons. The second-order valence-electron chi connectivity index (χ2n) is 5.46. The lowest BCUT2D eigenvalue weighted by Gasteiger charge is -2.20. The first-order valence-corrected chi connectivity index (χ1v) is 7.23. The third kappa shape index (κ3) is 3.58. The van der Waals surface area contributed by atoms with Crippen molar-refractivity contribution in [2.24, 2.45) is 0 Å². The average Bonchev–Trinajstić information content (AvgIpc) is 2.66. The largest absolute Gasteiger partial charge is 0.496 e. The first-order valence-electron chi connectivity index (χ1n) is 7.23. The Morgan fingerprint density at radius 3 is 2.85 bits per heavy atom. The minimum Gasteiger partial charge on any atom is -0.496 e. The van der Waals surface area contributed by atoms with Crippen molar-refractivity contribution in [3.63, 3.8) is 0 Å². The lowest BCUT2D eigenvalue weighted by molar-refractivity contribution is 0.0931. The van der Waals surface area contributed by atoms with E-state index in [2.05, 4.69) is 10.2 Å². The number of nitrogens with one attached hydrogen (secondary N) is 1. The third-order valence-electron chi connectivity index (χ3n) is 3.74. The number of Topliss-reactive ketones (excluding diaryl/α,β-unsaturated/α-hetero) is 1. The molecule has 4 nitrogen and oxygen atoms in total. The van der Waals surface area contributed by atoms with Crippen molar-refractivity contribution < 1.29 is 9.53 Å². The molecule has 1 fully saturated rings. The van der Waals surface area contributed by atoms with Gasteiger partial charge in [-0.1, -0.05) is 6.07 Å². The number of hydrogen-bond donors (Lipinski definition) is 1. The minimum atomic E-state index is 0.154. The van der Waals surface area contributed by atoms with E-state index in [4.69, 9.17) is 4.74 Å². The highest BCUT2D eigenvalue weighted by Crippen LogP contribution is 2.25. The monoisotopic (exact) mass is 276 g/mol. The van der Waals surface area contributed by atoms with E-state index in [1.807, 2.05) is 26.0 Å². The predicted octanol–water partition coefficient (Wildman–Crippen LogP) is 1.79. The number of ether oxygens (including phenoxy) is 1. The number of carbonyl (C=O) groups is 1. The molecule has 0 aromatic heterocycles. The van der Waals surface area contributed by atoms with E-state index in [0.29, 0.717) is 12.3 Å². The van der Waals surface area contributed by atoms with Crippen molar-refractivity contribution in [2.45, 2.75) is 20.3 Å². The Hall–Kier alpha value is -1.39. The summed E-state index contributed by atoms with van der Waals surface area (Å²) in [6, 6.07) is 3.98. The van der Waals surface area contributed by atoms with Gasteiger partial charge in [0.15, 0.2) is 5.78 Å². The highest BCUT2D eigenvalue weighted by atomic mass is 16.5. The molecule has 1 aromatic carbocycles. The molecule has 1 aliphatic heterocycles. The third-order valence-corrected chi connectivity index (χ3v) is 3.74. The fraction of sp³-hybridized carbons (Fsp3) is 0.562. The van der Waals surface area contributed by atoms with Crippen LogP contribution in [-0.2, 0) is 0 Å². The van der Waals surface area contributed by atoms with E-state index in [-0.39, 0.29) is 5.78 Å². The number of methoxy groups -OCH3 is 1. The first kappa shape index (κ1) is 15.0. The van der Waals surface area contributed by atoms with Gasteiger partial charge in [0.05, 0.1) is 19.2 Å².